The van der Waals surface area contributed by atoms with Crippen LogP contribution in [0.3, 0.4) is 0 Å². The number of β-amino-alcohol motifs (C(OH)–C–C–N with tert-alkyl or cyclic N) is 1. The zero-order valence-corrected chi connectivity index (χ0v) is 11.4. The van der Waals surface area contributed by atoms with E-state index >= 15 is 0 Å². The van der Waals surface area contributed by atoms with Crippen molar-refractivity contribution in [2.45, 2.75) is 12.1 Å². The Balaban J connectivity index is 1.64. The predicted octanol–water partition coefficient (Wildman–Crippen LogP) is 2.69. The largest absolute Gasteiger partial charge is 0.387 e. The number of nitro groups is 1. The van der Waals surface area contributed by atoms with Crippen LogP contribution in [0.1, 0.15) is 23.3 Å². The Bertz CT molecular complexity index is 645. The van der Waals surface area contributed by atoms with Crippen LogP contribution in [-0.2, 0) is 0 Å². The summed E-state index contributed by atoms with van der Waals surface area (Å²) in [4.78, 5) is 12.5. The van der Waals surface area contributed by atoms with Crippen molar-refractivity contribution in [3.8, 4) is 0 Å². The molecule has 1 heterocycles. The Morgan fingerprint density at radius 1 is 1.24 bits per heavy atom. The smallest absolute Gasteiger partial charge is 0.269 e. The SMILES string of the molecule is O=[N+]([O-])c1cccc(C(O)CN2CC2c2ccccc2)c1. The lowest BCUT2D eigenvalue weighted by Gasteiger charge is -2.12. The molecule has 1 fully saturated rings. The fourth-order valence-corrected chi connectivity index (χ4v) is 2.54. The van der Waals surface area contributed by atoms with E-state index in [-0.39, 0.29) is 5.69 Å². The lowest BCUT2D eigenvalue weighted by atomic mass is 10.1. The van der Waals surface area contributed by atoms with Crippen molar-refractivity contribution in [2.24, 2.45) is 0 Å². The molecule has 5 heteroatoms. The lowest BCUT2D eigenvalue weighted by molar-refractivity contribution is -0.385. The van der Waals surface area contributed by atoms with Crippen LogP contribution in [0, 0.1) is 10.1 Å². The van der Waals surface area contributed by atoms with Gasteiger partial charge in [-0.25, -0.2) is 0 Å². The minimum absolute atomic E-state index is 0.0111. The van der Waals surface area contributed by atoms with Crippen LogP contribution in [0.25, 0.3) is 0 Å². The van der Waals surface area contributed by atoms with Crippen molar-refractivity contribution in [3.05, 3.63) is 75.8 Å². The third-order valence-electron chi connectivity index (χ3n) is 3.77. The van der Waals surface area contributed by atoms with Crippen LogP contribution in [-0.4, -0.2) is 28.0 Å². The van der Waals surface area contributed by atoms with Crippen LogP contribution in [0.5, 0.6) is 0 Å². The van der Waals surface area contributed by atoms with E-state index < -0.39 is 11.0 Å². The summed E-state index contributed by atoms with van der Waals surface area (Å²) < 4.78 is 0. The highest BCUT2D eigenvalue weighted by Crippen LogP contribution is 2.36. The molecular weight excluding hydrogens is 268 g/mol. The first-order valence-corrected chi connectivity index (χ1v) is 6.86. The van der Waals surface area contributed by atoms with Gasteiger partial charge in [-0.2, -0.15) is 0 Å². The molecule has 1 aliphatic heterocycles. The van der Waals surface area contributed by atoms with Gasteiger partial charge in [0.2, 0.25) is 0 Å². The van der Waals surface area contributed by atoms with E-state index in [0.717, 1.165) is 6.54 Å². The van der Waals surface area contributed by atoms with Gasteiger partial charge in [0, 0.05) is 31.3 Å². The Kier molecular flexibility index (Phi) is 3.68. The molecule has 5 nitrogen and oxygen atoms in total. The summed E-state index contributed by atoms with van der Waals surface area (Å²) in [6.07, 6.45) is -0.710. The summed E-state index contributed by atoms with van der Waals surface area (Å²) in [6, 6.07) is 16.7. The van der Waals surface area contributed by atoms with E-state index in [1.807, 2.05) is 18.2 Å². The van der Waals surface area contributed by atoms with Crippen LogP contribution in [0.4, 0.5) is 5.69 Å². The van der Waals surface area contributed by atoms with E-state index in [1.54, 1.807) is 12.1 Å². The molecule has 1 N–H and O–H groups in total. The molecule has 2 aromatic carbocycles. The minimum atomic E-state index is -0.710. The molecule has 0 radical (unpaired) electrons. The number of nitrogens with zero attached hydrogens (tertiary/aromatic N) is 2. The van der Waals surface area contributed by atoms with Crippen LogP contribution >= 0.6 is 0 Å². The van der Waals surface area contributed by atoms with Crippen LogP contribution in [0.2, 0.25) is 0 Å². The highest BCUT2D eigenvalue weighted by atomic mass is 16.6. The van der Waals surface area contributed by atoms with Gasteiger partial charge in [0.15, 0.2) is 0 Å². The maximum atomic E-state index is 10.8. The fraction of sp³-hybridized carbons (Fsp3) is 0.250. The molecule has 0 aromatic heterocycles. The normalized spacial score (nSPS) is 21.8. The molecule has 0 spiro atoms. The number of aliphatic hydroxyl groups excluding tert-OH is 1. The standard InChI is InChI=1S/C16H16N2O3/c19-16(13-7-4-8-14(9-13)18(20)21)11-17-10-15(17)12-5-2-1-3-6-12/h1-9,15-16,19H,10-11H2. The highest BCUT2D eigenvalue weighted by Gasteiger charge is 2.36. The van der Waals surface area contributed by atoms with E-state index in [1.165, 1.54) is 17.7 Å². The molecule has 3 unspecified atom stereocenters. The maximum absolute atomic E-state index is 10.8. The fourth-order valence-electron chi connectivity index (χ4n) is 2.54. The van der Waals surface area contributed by atoms with Crippen molar-refractivity contribution in [2.75, 3.05) is 13.1 Å². The van der Waals surface area contributed by atoms with Crippen molar-refractivity contribution in [1.82, 2.24) is 4.90 Å². The molecule has 3 atom stereocenters. The Morgan fingerprint density at radius 2 is 2.00 bits per heavy atom. The van der Waals surface area contributed by atoms with Gasteiger partial charge < -0.3 is 5.11 Å². The molecule has 2 aromatic rings. The van der Waals surface area contributed by atoms with Gasteiger partial charge in [0.25, 0.3) is 5.69 Å². The molecule has 0 saturated carbocycles. The summed E-state index contributed by atoms with van der Waals surface area (Å²) in [5, 5.41) is 21.0. The first-order chi connectivity index (χ1) is 10.1. The summed E-state index contributed by atoms with van der Waals surface area (Å²) in [5.41, 5.74) is 1.84. The molecule has 0 bridgehead atoms. The number of hydrogen-bond donors (Lipinski definition) is 1. The zero-order valence-electron chi connectivity index (χ0n) is 11.4. The van der Waals surface area contributed by atoms with Crippen molar-refractivity contribution in [1.29, 1.82) is 0 Å². The Morgan fingerprint density at radius 3 is 2.71 bits per heavy atom. The lowest BCUT2D eigenvalue weighted by Crippen LogP contribution is -2.12. The van der Waals surface area contributed by atoms with E-state index in [0.29, 0.717) is 18.2 Å². The number of non-ortho nitro benzene ring substituents is 1. The van der Waals surface area contributed by atoms with Gasteiger partial charge in [-0.3, -0.25) is 15.0 Å². The molecule has 0 aliphatic carbocycles. The van der Waals surface area contributed by atoms with Gasteiger partial charge >= 0.3 is 0 Å². The first-order valence-electron chi connectivity index (χ1n) is 6.86. The third kappa shape index (κ3) is 3.09. The first kappa shape index (κ1) is 13.7. The van der Waals surface area contributed by atoms with Gasteiger partial charge in [0.05, 0.1) is 11.0 Å². The van der Waals surface area contributed by atoms with Gasteiger partial charge in [-0.15, -0.1) is 0 Å². The summed E-state index contributed by atoms with van der Waals surface area (Å²) in [6.45, 7) is 1.40. The van der Waals surface area contributed by atoms with E-state index in [4.69, 9.17) is 0 Å². The summed E-state index contributed by atoms with van der Waals surface area (Å²) >= 11 is 0. The molecule has 1 aliphatic rings. The Labute approximate surface area is 122 Å². The topological polar surface area (TPSA) is 66.4 Å². The van der Waals surface area contributed by atoms with Crippen LogP contribution < -0.4 is 0 Å². The predicted molar refractivity (Wildman–Crippen MR) is 78.8 cm³/mol. The third-order valence-corrected chi connectivity index (χ3v) is 3.77. The number of rotatable bonds is 5. The minimum Gasteiger partial charge on any atom is -0.387 e. The highest BCUT2D eigenvalue weighted by molar-refractivity contribution is 5.35. The summed E-state index contributed by atoms with van der Waals surface area (Å²) in [5.74, 6) is 0. The number of nitro benzene ring substituents is 1. The average Bonchev–Trinajstić information content (AvgIpc) is 3.27. The number of benzene rings is 2. The van der Waals surface area contributed by atoms with Gasteiger partial charge in [0.1, 0.15) is 0 Å². The Hall–Kier alpha value is -2.24. The second kappa shape index (κ2) is 5.63. The molecular formula is C16H16N2O3. The van der Waals surface area contributed by atoms with Crippen molar-refractivity contribution >= 4 is 5.69 Å². The quantitative estimate of drug-likeness (QED) is 0.521. The second-order valence-corrected chi connectivity index (χ2v) is 5.25. The number of hydrogen-bond acceptors (Lipinski definition) is 4. The van der Waals surface area contributed by atoms with Crippen molar-refractivity contribution in [3.63, 3.8) is 0 Å². The second-order valence-electron chi connectivity index (χ2n) is 5.25. The maximum Gasteiger partial charge on any atom is 0.269 e. The average molecular weight is 284 g/mol. The molecule has 3 rings (SSSR count). The van der Waals surface area contributed by atoms with E-state index in [9.17, 15) is 15.2 Å². The molecule has 0 amide bonds. The van der Waals surface area contributed by atoms with Crippen LogP contribution in [0.15, 0.2) is 54.6 Å². The number of aliphatic hydroxyl groups is 1. The van der Waals surface area contributed by atoms with E-state index in [2.05, 4.69) is 17.0 Å². The molecule has 1 saturated heterocycles. The van der Waals surface area contributed by atoms with Gasteiger partial charge in [-0.1, -0.05) is 42.5 Å². The summed E-state index contributed by atoms with van der Waals surface area (Å²) in [7, 11) is 0. The van der Waals surface area contributed by atoms with Crippen molar-refractivity contribution < 1.29 is 10.0 Å². The van der Waals surface area contributed by atoms with Gasteiger partial charge in [-0.05, 0) is 11.1 Å². The molecule has 108 valence electrons. The molecule has 21 heavy (non-hydrogen) atoms. The monoisotopic (exact) mass is 284 g/mol. The zero-order chi connectivity index (χ0) is 14.8.